The van der Waals surface area contributed by atoms with Gasteiger partial charge in [-0.25, -0.2) is 4.63 Å². The molecule has 72 valence electrons. The van der Waals surface area contributed by atoms with Gasteiger partial charge in [0, 0.05) is 13.7 Å². The van der Waals surface area contributed by atoms with E-state index in [4.69, 9.17) is 10.5 Å². The minimum Gasteiger partial charge on any atom is -0.383 e. The summed E-state index contributed by atoms with van der Waals surface area (Å²) in [4.78, 5) is 11.2. The minimum atomic E-state index is -0.421. The van der Waals surface area contributed by atoms with Crippen LogP contribution in [-0.2, 0) is 4.74 Å². The molecule has 0 aliphatic heterocycles. The van der Waals surface area contributed by atoms with Crippen molar-refractivity contribution in [1.82, 2.24) is 15.6 Å². The van der Waals surface area contributed by atoms with Gasteiger partial charge < -0.3 is 15.8 Å². The fourth-order valence-corrected chi connectivity index (χ4v) is 0.703. The van der Waals surface area contributed by atoms with E-state index >= 15 is 0 Å². The lowest BCUT2D eigenvalue weighted by atomic mass is 10.4. The Hall–Kier alpha value is -1.63. The van der Waals surface area contributed by atoms with E-state index in [-0.39, 0.29) is 11.5 Å². The van der Waals surface area contributed by atoms with Crippen molar-refractivity contribution in [2.24, 2.45) is 0 Å². The summed E-state index contributed by atoms with van der Waals surface area (Å²) in [5.41, 5.74) is 5.28. The van der Waals surface area contributed by atoms with E-state index in [0.717, 1.165) is 0 Å². The number of ether oxygens (including phenoxy) is 1. The third-order valence-electron chi connectivity index (χ3n) is 1.32. The van der Waals surface area contributed by atoms with Crippen LogP contribution in [0.25, 0.3) is 0 Å². The number of anilines is 1. The highest BCUT2D eigenvalue weighted by Crippen LogP contribution is 2.02. The number of hydrogen-bond donors (Lipinski definition) is 2. The lowest BCUT2D eigenvalue weighted by Gasteiger charge is -2.00. The Labute approximate surface area is 74.2 Å². The first-order valence-electron chi connectivity index (χ1n) is 3.61. The van der Waals surface area contributed by atoms with Gasteiger partial charge in [0.15, 0.2) is 0 Å². The van der Waals surface area contributed by atoms with E-state index < -0.39 is 5.91 Å². The van der Waals surface area contributed by atoms with Gasteiger partial charge in [-0.1, -0.05) is 0 Å². The second-order valence-electron chi connectivity index (χ2n) is 2.25. The lowest BCUT2D eigenvalue weighted by Crippen LogP contribution is -2.27. The van der Waals surface area contributed by atoms with Crippen molar-refractivity contribution < 1.29 is 14.2 Å². The van der Waals surface area contributed by atoms with Crippen molar-refractivity contribution in [2.75, 3.05) is 26.0 Å². The number of rotatable bonds is 4. The summed E-state index contributed by atoms with van der Waals surface area (Å²) >= 11 is 0. The molecule has 0 spiro atoms. The summed E-state index contributed by atoms with van der Waals surface area (Å²) in [5, 5.41) is 9.12. The highest BCUT2D eigenvalue weighted by molar-refractivity contribution is 5.95. The van der Waals surface area contributed by atoms with Crippen LogP contribution in [0.15, 0.2) is 4.63 Å². The summed E-state index contributed by atoms with van der Waals surface area (Å²) in [6, 6.07) is 0. The number of nitrogen functional groups attached to an aromatic ring is 1. The minimum absolute atomic E-state index is 0.00361. The average Bonchev–Trinajstić information content (AvgIpc) is 2.52. The molecule has 3 N–H and O–H groups in total. The van der Waals surface area contributed by atoms with Gasteiger partial charge in [0.2, 0.25) is 11.5 Å². The Bertz CT molecular complexity index is 285. The van der Waals surface area contributed by atoms with Crippen molar-refractivity contribution in [3.63, 3.8) is 0 Å². The van der Waals surface area contributed by atoms with Gasteiger partial charge in [-0.3, -0.25) is 4.79 Å². The molecule has 1 rings (SSSR count). The molecule has 7 nitrogen and oxygen atoms in total. The zero-order valence-corrected chi connectivity index (χ0v) is 7.11. The molecule has 0 unspecified atom stereocenters. The fraction of sp³-hybridized carbons (Fsp3) is 0.500. The highest BCUT2D eigenvalue weighted by atomic mass is 16.6. The molecule has 0 aliphatic carbocycles. The van der Waals surface area contributed by atoms with Gasteiger partial charge in [-0.05, 0) is 10.3 Å². The number of aromatic nitrogens is 2. The van der Waals surface area contributed by atoms with Crippen LogP contribution < -0.4 is 11.1 Å². The van der Waals surface area contributed by atoms with Crippen LogP contribution in [0.2, 0.25) is 0 Å². The monoisotopic (exact) mass is 186 g/mol. The maximum Gasteiger partial charge on any atom is 0.277 e. The highest BCUT2D eigenvalue weighted by Gasteiger charge is 2.14. The van der Waals surface area contributed by atoms with Crippen LogP contribution in [-0.4, -0.2) is 36.5 Å². The summed E-state index contributed by atoms with van der Waals surface area (Å²) in [7, 11) is 1.54. The van der Waals surface area contributed by atoms with Crippen LogP contribution >= 0.6 is 0 Å². The van der Waals surface area contributed by atoms with Gasteiger partial charge in [0.1, 0.15) is 0 Å². The molecule has 7 heteroatoms. The van der Waals surface area contributed by atoms with Crippen LogP contribution in [0.3, 0.4) is 0 Å². The molecule has 0 bridgehead atoms. The van der Waals surface area contributed by atoms with Crippen LogP contribution in [0.1, 0.15) is 10.5 Å². The number of methoxy groups -OCH3 is 1. The Morgan fingerprint density at radius 3 is 3.00 bits per heavy atom. The van der Waals surface area contributed by atoms with Crippen molar-refractivity contribution in [3.05, 3.63) is 5.69 Å². The van der Waals surface area contributed by atoms with Crippen LogP contribution in [0.5, 0.6) is 0 Å². The number of amides is 1. The quantitative estimate of drug-likeness (QED) is 0.586. The Morgan fingerprint density at radius 2 is 2.46 bits per heavy atom. The van der Waals surface area contributed by atoms with E-state index in [1.165, 1.54) is 7.11 Å². The first kappa shape index (κ1) is 9.46. The topological polar surface area (TPSA) is 103 Å². The molecular weight excluding hydrogens is 176 g/mol. The molecule has 0 saturated carbocycles. The SMILES string of the molecule is COCCNC(=O)c1nonc1N. The summed E-state index contributed by atoms with van der Waals surface area (Å²) < 4.78 is 8.99. The van der Waals surface area contributed by atoms with E-state index in [0.29, 0.717) is 13.2 Å². The molecule has 0 fully saturated rings. The standard InChI is InChI=1S/C6H10N4O3/c1-12-3-2-8-6(11)4-5(7)10-13-9-4/h2-3H2,1H3,(H2,7,10)(H,8,11). The van der Waals surface area contributed by atoms with Crippen LogP contribution in [0, 0.1) is 0 Å². The Kier molecular flexibility index (Phi) is 3.21. The number of carbonyl (C=O) groups is 1. The van der Waals surface area contributed by atoms with E-state index in [1.807, 2.05) is 0 Å². The first-order chi connectivity index (χ1) is 6.25. The summed E-state index contributed by atoms with van der Waals surface area (Å²) in [6.07, 6.45) is 0. The van der Waals surface area contributed by atoms with E-state index in [2.05, 4.69) is 20.3 Å². The predicted octanol–water partition coefficient (Wildman–Crippen LogP) is -0.972. The molecule has 1 aromatic heterocycles. The largest absolute Gasteiger partial charge is 0.383 e. The van der Waals surface area contributed by atoms with Crippen molar-refractivity contribution >= 4 is 11.7 Å². The van der Waals surface area contributed by atoms with E-state index in [9.17, 15) is 4.79 Å². The van der Waals surface area contributed by atoms with Gasteiger partial charge >= 0.3 is 0 Å². The smallest absolute Gasteiger partial charge is 0.277 e. The number of hydrogen-bond acceptors (Lipinski definition) is 6. The lowest BCUT2D eigenvalue weighted by molar-refractivity contribution is 0.0928. The molecule has 1 heterocycles. The third-order valence-corrected chi connectivity index (χ3v) is 1.32. The number of nitrogens with one attached hydrogen (secondary N) is 1. The molecule has 13 heavy (non-hydrogen) atoms. The molecule has 0 aromatic carbocycles. The van der Waals surface area contributed by atoms with Gasteiger partial charge in [-0.2, -0.15) is 0 Å². The second-order valence-corrected chi connectivity index (χ2v) is 2.25. The second kappa shape index (κ2) is 4.41. The molecule has 0 aliphatic rings. The molecule has 0 saturated heterocycles. The van der Waals surface area contributed by atoms with Crippen molar-refractivity contribution in [2.45, 2.75) is 0 Å². The zero-order chi connectivity index (χ0) is 9.68. The van der Waals surface area contributed by atoms with Crippen LogP contribution in [0.4, 0.5) is 5.82 Å². The molecule has 0 radical (unpaired) electrons. The molecule has 1 amide bonds. The number of nitrogens with zero attached hydrogens (tertiary/aromatic N) is 2. The maximum atomic E-state index is 11.2. The van der Waals surface area contributed by atoms with Crippen molar-refractivity contribution in [3.8, 4) is 0 Å². The molecule has 0 atom stereocenters. The van der Waals surface area contributed by atoms with E-state index in [1.54, 1.807) is 0 Å². The summed E-state index contributed by atoms with van der Waals surface area (Å²) in [6.45, 7) is 0.818. The Morgan fingerprint density at radius 1 is 1.69 bits per heavy atom. The maximum absolute atomic E-state index is 11.2. The Balaban J connectivity index is 2.45. The fourth-order valence-electron chi connectivity index (χ4n) is 0.703. The number of carbonyl (C=O) groups excluding carboxylic acids is 1. The van der Waals surface area contributed by atoms with Gasteiger partial charge in [0.25, 0.3) is 5.91 Å². The zero-order valence-electron chi connectivity index (χ0n) is 7.11. The molecular formula is C6H10N4O3. The number of nitrogens with two attached hydrogens (primary N) is 1. The summed E-state index contributed by atoms with van der Waals surface area (Å²) in [5.74, 6) is -0.439. The predicted molar refractivity (Wildman–Crippen MR) is 42.9 cm³/mol. The average molecular weight is 186 g/mol. The van der Waals surface area contributed by atoms with Crippen molar-refractivity contribution in [1.29, 1.82) is 0 Å². The third kappa shape index (κ3) is 2.41. The van der Waals surface area contributed by atoms with Gasteiger partial charge in [-0.15, -0.1) is 0 Å². The van der Waals surface area contributed by atoms with Gasteiger partial charge in [0.05, 0.1) is 6.61 Å². The normalized spacial score (nSPS) is 9.92. The molecule has 1 aromatic rings. The first-order valence-corrected chi connectivity index (χ1v) is 3.61.